The number of benzene rings is 2. The lowest BCUT2D eigenvalue weighted by Crippen LogP contribution is -2.48. The first-order chi connectivity index (χ1) is 16.1. The smallest absolute Gasteiger partial charge is 0.275 e. The molecule has 0 atom stereocenters. The van der Waals surface area contributed by atoms with Gasteiger partial charge in [-0.1, -0.05) is 41.7 Å². The topological polar surface area (TPSA) is 80.0 Å². The number of methoxy groups -OCH3 is 1. The second kappa shape index (κ2) is 9.13. The van der Waals surface area contributed by atoms with E-state index in [1.807, 2.05) is 59.5 Å². The van der Waals surface area contributed by atoms with Gasteiger partial charge < -0.3 is 9.64 Å². The normalized spacial score (nSPS) is 14.5. The van der Waals surface area contributed by atoms with Crippen LogP contribution < -0.4 is 10.3 Å². The predicted octanol–water partition coefficient (Wildman–Crippen LogP) is 2.78. The van der Waals surface area contributed by atoms with E-state index in [0.29, 0.717) is 46.6 Å². The summed E-state index contributed by atoms with van der Waals surface area (Å²) in [6, 6.07) is 18.5. The molecule has 168 valence electrons. The Kier molecular flexibility index (Phi) is 5.89. The zero-order valence-electron chi connectivity index (χ0n) is 18.2. The van der Waals surface area contributed by atoms with Crippen molar-refractivity contribution in [1.29, 1.82) is 0 Å². The minimum absolute atomic E-state index is 0.0570. The van der Waals surface area contributed by atoms with E-state index < -0.39 is 0 Å². The maximum Gasteiger partial charge on any atom is 0.275 e. The van der Waals surface area contributed by atoms with E-state index in [0.717, 1.165) is 18.7 Å². The van der Waals surface area contributed by atoms with Gasteiger partial charge in [-0.05, 0) is 24.3 Å². The quantitative estimate of drug-likeness (QED) is 0.455. The Hall–Kier alpha value is -3.56. The van der Waals surface area contributed by atoms with Crippen LogP contribution in [-0.4, -0.2) is 63.6 Å². The van der Waals surface area contributed by atoms with Crippen LogP contribution in [0.2, 0.25) is 0 Å². The summed E-state index contributed by atoms with van der Waals surface area (Å²) in [4.78, 5) is 34.7. The van der Waals surface area contributed by atoms with Gasteiger partial charge in [-0.3, -0.25) is 14.5 Å². The zero-order valence-corrected chi connectivity index (χ0v) is 19.0. The van der Waals surface area contributed by atoms with Gasteiger partial charge in [0.2, 0.25) is 4.96 Å². The summed E-state index contributed by atoms with van der Waals surface area (Å²) in [5.74, 6) is 0.759. The fraction of sp³-hybridized carbons (Fsp3) is 0.250. The Morgan fingerprint density at radius 2 is 1.76 bits per heavy atom. The molecule has 1 amide bonds. The number of carbonyl (C=O) groups excluding carboxylic acids is 1. The number of para-hydroxylation sites is 1. The van der Waals surface area contributed by atoms with E-state index in [1.165, 1.54) is 15.9 Å². The molecule has 5 rings (SSSR count). The number of hydrogen-bond acceptors (Lipinski definition) is 7. The van der Waals surface area contributed by atoms with E-state index in [4.69, 9.17) is 4.74 Å². The molecular weight excluding hydrogens is 438 g/mol. The molecule has 2 aromatic heterocycles. The van der Waals surface area contributed by atoms with Gasteiger partial charge in [-0.2, -0.15) is 9.61 Å². The number of hydrogen-bond donors (Lipinski definition) is 0. The number of nitrogens with zero attached hydrogens (tertiary/aromatic N) is 5. The van der Waals surface area contributed by atoms with Crippen LogP contribution in [0.5, 0.6) is 5.75 Å². The largest absolute Gasteiger partial charge is 0.496 e. The molecule has 1 fully saturated rings. The highest BCUT2D eigenvalue weighted by atomic mass is 32.1. The third-order valence-electron chi connectivity index (χ3n) is 5.70. The first-order valence-electron chi connectivity index (χ1n) is 10.7. The highest BCUT2D eigenvalue weighted by Gasteiger charge is 2.23. The number of carbonyl (C=O) groups is 1. The van der Waals surface area contributed by atoms with Crippen LogP contribution in [0.1, 0.15) is 16.1 Å². The Labute approximate surface area is 194 Å². The van der Waals surface area contributed by atoms with Gasteiger partial charge in [0.15, 0.2) is 5.01 Å². The summed E-state index contributed by atoms with van der Waals surface area (Å²) in [5, 5.41) is 5.14. The first kappa shape index (κ1) is 21.3. The summed E-state index contributed by atoms with van der Waals surface area (Å²) in [6.45, 7) is 3.31. The van der Waals surface area contributed by atoms with E-state index in [-0.39, 0.29) is 11.5 Å². The minimum atomic E-state index is -0.203. The fourth-order valence-corrected chi connectivity index (χ4v) is 4.92. The highest BCUT2D eigenvalue weighted by molar-refractivity contribution is 7.19. The number of amides is 1. The predicted molar refractivity (Wildman–Crippen MR) is 127 cm³/mol. The molecule has 1 aliphatic rings. The Bertz CT molecular complexity index is 1340. The molecular formula is C24H23N5O3S. The molecule has 0 spiro atoms. The van der Waals surface area contributed by atoms with Crippen molar-refractivity contribution >= 4 is 22.2 Å². The number of fused-ring (bicyclic) bond motifs is 1. The van der Waals surface area contributed by atoms with Crippen LogP contribution in [-0.2, 0) is 6.54 Å². The highest BCUT2D eigenvalue weighted by Crippen LogP contribution is 2.32. The molecule has 0 aliphatic carbocycles. The van der Waals surface area contributed by atoms with Gasteiger partial charge >= 0.3 is 0 Å². The lowest BCUT2D eigenvalue weighted by Gasteiger charge is -2.34. The monoisotopic (exact) mass is 461 g/mol. The second-order valence-electron chi connectivity index (χ2n) is 7.82. The Morgan fingerprint density at radius 1 is 1.03 bits per heavy atom. The van der Waals surface area contributed by atoms with Crippen molar-refractivity contribution in [2.75, 3.05) is 33.3 Å². The average molecular weight is 462 g/mol. The minimum Gasteiger partial charge on any atom is -0.496 e. The van der Waals surface area contributed by atoms with Crippen molar-refractivity contribution < 1.29 is 9.53 Å². The molecule has 0 saturated carbocycles. The van der Waals surface area contributed by atoms with E-state index >= 15 is 0 Å². The standard InChI is InChI=1S/C24H23N5O3S/c1-32-20-10-6-5-9-19(20)22-26-29-21(30)15-18(25-24(29)33-22)16-27-11-13-28(14-12-27)23(31)17-7-3-2-4-8-17/h2-10,15H,11-14,16H2,1H3. The van der Waals surface area contributed by atoms with Crippen LogP contribution in [0.4, 0.5) is 0 Å². The third kappa shape index (κ3) is 4.37. The third-order valence-corrected chi connectivity index (χ3v) is 6.64. The molecule has 2 aromatic carbocycles. The molecule has 0 radical (unpaired) electrons. The van der Waals surface area contributed by atoms with E-state index in [9.17, 15) is 9.59 Å². The summed E-state index contributed by atoms with van der Waals surface area (Å²) >= 11 is 1.36. The van der Waals surface area contributed by atoms with Gasteiger partial charge in [0.1, 0.15) is 5.75 Å². The molecule has 1 saturated heterocycles. The number of ether oxygens (including phenoxy) is 1. The number of piperazine rings is 1. The Morgan fingerprint density at radius 3 is 2.52 bits per heavy atom. The van der Waals surface area contributed by atoms with Crippen LogP contribution in [0.25, 0.3) is 15.5 Å². The second-order valence-corrected chi connectivity index (χ2v) is 8.78. The zero-order chi connectivity index (χ0) is 22.8. The van der Waals surface area contributed by atoms with Crippen molar-refractivity contribution in [3.8, 4) is 16.3 Å². The molecule has 8 nitrogen and oxygen atoms in total. The SMILES string of the molecule is COc1ccccc1-c1nn2c(=O)cc(CN3CCN(C(=O)c4ccccc4)CC3)nc2s1. The molecule has 1 aliphatic heterocycles. The van der Waals surface area contributed by atoms with Crippen molar-refractivity contribution in [3.05, 3.63) is 82.3 Å². The number of rotatable bonds is 5. The number of aromatic nitrogens is 3. The lowest BCUT2D eigenvalue weighted by molar-refractivity contribution is 0.0627. The summed E-state index contributed by atoms with van der Waals surface area (Å²) in [6.07, 6.45) is 0. The molecule has 4 aromatic rings. The van der Waals surface area contributed by atoms with Gasteiger partial charge in [0, 0.05) is 44.4 Å². The summed E-state index contributed by atoms with van der Waals surface area (Å²) < 4.78 is 6.77. The molecule has 0 bridgehead atoms. The van der Waals surface area contributed by atoms with Gasteiger partial charge in [-0.15, -0.1) is 0 Å². The van der Waals surface area contributed by atoms with E-state index in [1.54, 1.807) is 13.2 Å². The van der Waals surface area contributed by atoms with Crippen LogP contribution >= 0.6 is 11.3 Å². The van der Waals surface area contributed by atoms with Crippen LogP contribution in [0.15, 0.2) is 65.5 Å². The van der Waals surface area contributed by atoms with Gasteiger partial charge in [0.05, 0.1) is 18.4 Å². The lowest BCUT2D eigenvalue weighted by atomic mass is 10.2. The van der Waals surface area contributed by atoms with Gasteiger partial charge in [0.25, 0.3) is 11.5 Å². The van der Waals surface area contributed by atoms with Crippen molar-refractivity contribution in [3.63, 3.8) is 0 Å². The molecule has 33 heavy (non-hydrogen) atoms. The van der Waals surface area contributed by atoms with E-state index in [2.05, 4.69) is 15.0 Å². The Balaban J connectivity index is 1.30. The maximum atomic E-state index is 12.7. The molecule has 0 N–H and O–H groups in total. The molecule has 0 unspecified atom stereocenters. The summed E-state index contributed by atoms with van der Waals surface area (Å²) in [7, 11) is 1.61. The maximum absolute atomic E-state index is 12.7. The fourth-order valence-electron chi connectivity index (χ4n) is 3.97. The van der Waals surface area contributed by atoms with Crippen molar-refractivity contribution in [1.82, 2.24) is 24.4 Å². The average Bonchev–Trinajstić information content (AvgIpc) is 3.29. The van der Waals surface area contributed by atoms with Crippen LogP contribution in [0, 0.1) is 0 Å². The molecule has 3 heterocycles. The van der Waals surface area contributed by atoms with Crippen molar-refractivity contribution in [2.24, 2.45) is 0 Å². The van der Waals surface area contributed by atoms with Gasteiger partial charge in [-0.25, -0.2) is 4.98 Å². The van der Waals surface area contributed by atoms with Crippen molar-refractivity contribution in [2.45, 2.75) is 6.54 Å². The first-order valence-corrected chi connectivity index (χ1v) is 11.5. The van der Waals surface area contributed by atoms with Crippen LogP contribution in [0.3, 0.4) is 0 Å². The molecule has 9 heteroatoms. The summed E-state index contributed by atoms with van der Waals surface area (Å²) in [5.41, 5.74) is 2.04.